The molecule has 6 nitrogen and oxygen atoms in total. The van der Waals surface area contributed by atoms with Crippen LogP contribution in [0.2, 0.25) is 0 Å². The Labute approximate surface area is 151 Å². The van der Waals surface area contributed by atoms with Crippen LogP contribution in [0.5, 0.6) is 11.5 Å². The lowest BCUT2D eigenvalue weighted by atomic mass is 10.1. The van der Waals surface area contributed by atoms with Crippen molar-refractivity contribution >= 4 is 28.8 Å². The topological polar surface area (TPSA) is 76.7 Å². The number of nitrogens with one attached hydrogen (secondary N) is 2. The van der Waals surface area contributed by atoms with Gasteiger partial charge in [-0.3, -0.25) is 9.59 Å². The SMILES string of the molecule is COc1cc(C)c(NC(=O)CCCNC(=O)c2cccs2)cc1OC. The number of rotatable bonds is 8. The molecule has 134 valence electrons. The van der Waals surface area contributed by atoms with Crippen molar-refractivity contribution in [2.75, 3.05) is 26.1 Å². The normalized spacial score (nSPS) is 10.2. The van der Waals surface area contributed by atoms with Gasteiger partial charge in [0.05, 0.1) is 19.1 Å². The van der Waals surface area contributed by atoms with Crippen LogP contribution in [-0.4, -0.2) is 32.6 Å². The number of carbonyl (C=O) groups is 2. The molecule has 1 aromatic heterocycles. The maximum absolute atomic E-state index is 12.1. The molecule has 25 heavy (non-hydrogen) atoms. The highest BCUT2D eigenvalue weighted by Crippen LogP contribution is 2.32. The molecule has 0 unspecified atom stereocenters. The zero-order chi connectivity index (χ0) is 18.2. The Balaban J connectivity index is 1.81. The van der Waals surface area contributed by atoms with Crippen molar-refractivity contribution in [1.82, 2.24) is 5.32 Å². The number of ether oxygens (including phenoxy) is 2. The van der Waals surface area contributed by atoms with Gasteiger partial charge >= 0.3 is 0 Å². The fourth-order valence-corrected chi connectivity index (χ4v) is 2.91. The molecule has 0 radical (unpaired) electrons. The molecule has 1 aromatic carbocycles. The van der Waals surface area contributed by atoms with Crippen LogP contribution < -0.4 is 20.1 Å². The molecule has 0 aliphatic rings. The fourth-order valence-electron chi connectivity index (χ4n) is 2.27. The summed E-state index contributed by atoms with van der Waals surface area (Å²) in [4.78, 5) is 24.6. The predicted octanol–water partition coefficient (Wildman–Crippen LogP) is 3.22. The van der Waals surface area contributed by atoms with Gasteiger partial charge in [0, 0.05) is 24.7 Å². The molecule has 0 atom stereocenters. The maximum atomic E-state index is 12.1. The summed E-state index contributed by atoms with van der Waals surface area (Å²) < 4.78 is 10.5. The number of aryl methyl sites for hydroxylation is 1. The third-order valence-corrected chi connectivity index (χ3v) is 4.48. The Morgan fingerprint density at radius 3 is 2.52 bits per heavy atom. The summed E-state index contributed by atoms with van der Waals surface area (Å²) in [6.07, 6.45) is 0.883. The third-order valence-electron chi connectivity index (χ3n) is 3.62. The van der Waals surface area contributed by atoms with Gasteiger partial charge in [-0.1, -0.05) is 6.07 Å². The first-order chi connectivity index (χ1) is 12.0. The van der Waals surface area contributed by atoms with Gasteiger partial charge in [0.1, 0.15) is 0 Å². The van der Waals surface area contributed by atoms with Crippen molar-refractivity contribution in [3.63, 3.8) is 0 Å². The number of hydrogen-bond acceptors (Lipinski definition) is 5. The number of thiophene rings is 1. The van der Waals surface area contributed by atoms with Crippen LogP contribution in [0.25, 0.3) is 0 Å². The maximum Gasteiger partial charge on any atom is 0.261 e. The summed E-state index contributed by atoms with van der Waals surface area (Å²) in [5.74, 6) is 0.965. The summed E-state index contributed by atoms with van der Waals surface area (Å²) >= 11 is 1.39. The molecule has 2 aromatic rings. The average Bonchev–Trinajstić information content (AvgIpc) is 3.14. The van der Waals surface area contributed by atoms with E-state index in [1.165, 1.54) is 11.3 Å². The molecule has 0 aliphatic heterocycles. The molecule has 0 saturated carbocycles. The minimum Gasteiger partial charge on any atom is -0.493 e. The van der Waals surface area contributed by atoms with Gasteiger partial charge in [0.15, 0.2) is 11.5 Å². The van der Waals surface area contributed by atoms with E-state index >= 15 is 0 Å². The van der Waals surface area contributed by atoms with E-state index < -0.39 is 0 Å². The Bertz CT molecular complexity index is 729. The average molecular weight is 362 g/mol. The molecule has 0 fully saturated rings. The zero-order valence-corrected chi connectivity index (χ0v) is 15.4. The van der Waals surface area contributed by atoms with Crippen molar-refractivity contribution in [2.45, 2.75) is 19.8 Å². The monoisotopic (exact) mass is 362 g/mol. The Morgan fingerprint density at radius 2 is 1.88 bits per heavy atom. The van der Waals surface area contributed by atoms with E-state index in [-0.39, 0.29) is 11.8 Å². The van der Waals surface area contributed by atoms with E-state index in [0.29, 0.717) is 41.4 Å². The first kappa shape index (κ1) is 18.8. The molecule has 2 amide bonds. The van der Waals surface area contributed by atoms with Crippen molar-refractivity contribution in [2.24, 2.45) is 0 Å². The van der Waals surface area contributed by atoms with Crippen LogP contribution in [0, 0.1) is 6.92 Å². The second-order valence-corrected chi connectivity index (χ2v) is 6.35. The molecule has 2 N–H and O–H groups in total. The number of anilines is 1. The minimum atomic E-state index is -0.110. The highest BCUT2D eigenvalue weighted by atomic mass is 32.1. The number of carbonyl (C=O) groups excluding carboxylic acids is 2. The highest BCUT2D eigenvalue weighted by Gasteiger charge is 2.11. The largest absolute Gasteiger partial charge is 0.493 e. The number of methoxy groups -OCH3 is 2. The van der Waals surface area contributed by atoms with E-state index in [0.717, 1.165) is 5.56 Å². The molecule has 0 saturated heterocycles. The van der Waals surface area contributed by atoms with Gasteiger partial charge in [0.2, 0.25) is 5.91 Å². The molecule has 2 rings (SSSR count). The van der Waals surface area contributed by atoms with E-state index in [1.54, 1.807) is 26.4 Å². The van der Waals surface area contributed by atoms with Crippen LogP contribution in [0.4, 0.5) is 5.69 Å². The summed E-state index contributed by atoms with van der Waals surface area (Å²) in [5, 5.41) is 7.53. The lowest BCUT2D eigenvalue weighted by Crippen LogP contribution is -2.24. The molecular formula is C18H22N2O4S. The summed E-state index contributed by atoms with van der Waals surface area (Å²) in [5.41, 5.74) is 1.57. The molecule has 0 bridgehead atoms. The first-order valence-corrected chi connectivity index (χ1v) is 8.77. The van der Waals surface area contributed by atoms with Crippen LogP contribution >= 0.6 is 11.3 Å². The van der Waals surface area contributed by atoms with Crippen molar-refractivity contribution in [3.05, 3.63) is 40.1 Å². The Morgan fingerprint density at radius 1 is 1.16 bits per heavy atom. The first-order valence-electron chi connectivity index (χ1n) is 7.89. The lowest BCUT2D eigenvalue weighted by Gasteiger charge is -2.13. The van der Waals surface area contributed by atoms with Crippen LogP contribution in [0.15, 0.2) is 29.6 Å². The van der Waals surface area contributed by atoms with E-state index in [2.05, 4.69) is 10.6 Å². The van der Waals surface area contributed by atoms with Crippen LogP contribution in [0.1, 0.15) is 28.1 Å². The van der Waals surface area contributed by atoms with Gasteiger partial charge in [-0.05, 0) is 36.4 Å². The lowest BCUT2D eigenvalue weighted by molar-refractivity contribution is -0.116. The van der Waals surface area contributed by atoms with Crippen LogP contribution in [0.3, 0.4) is 0 Å². The van der Waals surface area contributed by atoms with Gasteiger partial charge in [0.25, 0.3) is 5.91 Å². The van der Waals surface area contributed by atoms with Gasteiger partial charge in [-0.25, -0.2) is 0 Å². The second-order valence-electron chi connectivity index (χ2n) is 5.41. The standard InChI is InChI=1S/C18H22N2O4S/c1-12-10-14(23-2)15(24-3)11-13(12)20-17(21)7-4-8-19-18(22)16-6-5-9-25-16/h5-6,9-11H,4,7-8H2,1-3H3,(H,19,22)(H,20,21). The zero-order valence-electron chi connectivity index (χ0n) is 14.5. The Kier molecular flexibility index (Phi) is 6.82. The summed E-state index contributed by atoms with van der Waals surface area (Å²) in [6, 6.07) is 7.16. The van der Waals surface area contributed by atoms with Crippen molar-refractivity contribution < 1.29 is 19.1 Å². The number of amides is 2. The quantitative estimate of drug-likeness (QED) is 0.707. The minimum absolute atomic E-state index is 0.105. The molecule has 1 heterocycles. The molecule has 0 spiro atoms. The van der Waals surface area contributed by atoms with Gasteiger partial charge in [-0.2, -0.15) is 0 Å². The fraction of sp³-hybridized carbons (Fsp3) is 0.333. The van der Waals surface area contributed by atoms with Gasteiger partial charge < -0.3 is 20.1 Å². The highest BCUT2D eigenvalue weighted by molar-refractivity contribution is 7.12. The molecule has 7 heteroatoms. The van der Waals surface area contributed by atoms with Crippen LogP contribution in [-0.2, 0) is 4.79 Å². The van der Waals surface area contributed by atoms with E-state index in [4.69, 9.17) is 9.47 Å². The van der Waals surface area contributed by atoms with E-state index in [9.17, 15) is 9.59 Å². The Hall–Kier alpha value is -2.54. The molecule has 0 aliphatic carbocycles. The third kappa shape index (κ3) is 5.22. The summed E-state index contributed by atoms with van der Waals surface area (Å²) in [6.45, 7) is 2.34. The van der Waals surface area contributed by atoms with Crippen molar-refractivity contribution in [1.29, 1.82) is 0 Å². The predicted molar refractivity (Wildman–Crippen MR) is 98.8 cm³/mol. The number of benzene rings is 1. The molecular weight excluding hydrogens is 340 g/mol. The smallest absolute Gasteiger partial charge is 0.261 e. The van der Waals surface area contributed by atoms with E-state index in [1.807, 2.05) is 24.4 Å². The van der Waals surface area contributed by atoms with Crippen molar-refractivity contribution in [3.8, 4) is 11.5 Å². The summed E-state index contributed by atoms with van der Waals surface area (Å²) in [7, 11) is 3.12. The van der Waals surface area contributed by atoms with Gasteiger partial charge in [-0.15, -0.1) is 11.3 Å². The second kappa shape index (κ2) is 9.08. The number of hydrogen-bond donors (Lipinski definition) is 2.